The smallest absolute Gasteiger partial charge is 0.242 e. The fourth-order valence-corrected chi connectivity index (χ4v) is 4.96. The maximum Gasteiger partial charge on any atom is 0.242 e. The Morgan fingerprint density at radius 1 is 1.12 bits per heavy atom. The van der Waals surface area contributed by atoms with E-state index >= 15 is 0 Å². The number of carbonyl (C=O) groups excluding carboxylic acids is 2. The molecular weight excluding hydrogens is 430 g/mol. The van der Waals surface area contributed by atoms with Crippen molar-refractivity contribution in [2.75, 3.05) is 27.2 Å². The lowest BCUT2D eigenvalue weighted by atomic mass is 9.89. The maximum absolute atomic E-state index is 12.4. The van der Waals surface area contributed by atoms with Crippen LogP contribution in [0.15, 0.2) is 23.1 Å². The predicted molar refractivity (Wildman–Crippen MR) is 123 cm³/mol. The molecular formula is C22H33N5O4S. The minimum absolute atomic E-state index is 0.0919. The van der Waals surface area contributed by atoms with Crippen LogP contribution in [0, 0.1) is 5.92 Å². The molecule has 10 heteroatoms. The lowest BCUT2D eigenvalue weighted by Gasteiger charge is -2.20. The molecule has 2 aromatic rings. The highest BCUT2D eigenvalue weighted by atomic mass is 32.2. The van der Waals surface area contributed by atoms with Crippen LogP contribution in [-0.4, -0.2) is 61.3 Å². The molecule has 0 aliphatic heterocycles. The van der Waals surface area contributed by atoms with Crippen LogP contribution in [0.3, 0.4) is 0 Å². The first-order valence-electron chi connectivity index (χ1n) is 11.1. The van der Waals surface area contributed by atoms with Gasteiger partial charge in [0.2, 0.25) is 21.8 Å². The number of amides is 2. The van der Waals surface area contributed by atoms with E-state index in [1.165, 1.54) is 24.8 Å². The van der Waals surface area contributed by atoms with Crippen LogP contribution in [-0.2, 0) is 33.1 Å². The average molecular weight is 464 g/mol. The SMILES string of the molecule is CN(C)S(=O)(=O)c1ccc2c(c1)nc(CCC(=O)NCCNC(=O)C1CCCCC1)n2C. The van der Waals surface area contributed by atoms with Gasteiger partial charge in [-0.05, 0) is 31.0 Å². The number of aryl methyl sites for hydroxylation is 2. The van der Waals surface area contributed by atoms with Crippen LogP contribution in [0.2, 0.25) is 0 Å². The third kappa shape index (κ3) is 5.66. The van der Waals surface area contributed by atoms with Gasteiger partial charge in [0.05, 0.1) is 15.9 Å². The van der Waals surface area contributed by atoms with E-state index in [1.807, 2.05) is 11.6 Å². The zero-order chi connectivity index (χ0) is 23.3. The molecule has 1 saturated carbocycles. The van der Waals surface area contributed by atoms with Crippen LogP contribution in [0.1, 0.15) is 44.3 Å². The molecule has 9 nitrogen and oxygen atoms in total. The number of aromatic nitrogens is 2. The monoisotopic (exact) mass is 463 g/mol. The molecule has 0 bridgehead atoms. The molecule has 0 atom stereocenters. The predicted octanol–water partition coefficient (Wildman–Crippen LogP) is 1.57. The highest BCUT2D eigenvalue weighted by Gasteiger charge is 2.21. The van der Waals surface area contributed by atoms with Gasteiger partial charge in [0.25, 0.3) is 0 Å². The number of hydrogen-bond donors (Lipinski definition) is 2. The lowest BCUT2D eigenvalue weighted by Crippen LogP contribution is -2.38. The van der Waals surface area contributed by atoms with E-state index < -0.39 is 10.0 Å². The first kappa shape index (κ1) is 24.2. The molecule has 1 aromatic carbocycles. The molecule has 0 spiro atoms. The van der Waals surface area contributed by atoms with Crippen LogP contribution < -0.4 is 10.6 Å². The topological polar surface area (TPSA) is 113 Å². The molecule has 32 heavy (non-hydrogen) atoms. The van der Waals surface area contributed by atoms with Crippen molar-refractivity contribution in [3.05, 3.63) is 24.0 Å². The Morgan fingerprint density at radius 3 is 2.50 bits per heavy atom. The second-order valence-corrected chi connectivity index (χ2v) is 10.7. The molecule has 1 aliphatic carbocycles. The molecule has 0 unspecified atom stereocenters. The van der Waals surface area contributed by atoms with Crippen molar-refractivity contribution in [1.82, 2.24) is 24.5 Å². The molecule has 0 radical (unpaired) electrons. The molecule has 3 rings (SSSR count). The third-order valence-electron chi connectivity index (χ3n) is 6.02. The molecule has 1 aromatic heterocycles. The first-order chi connectivity index (χ1) is 15.2. The quantitative estimate of drug-likeness (QED) is 0.548. The van der Waals surface area contributed by atoms with Crippen molar-refractivity contribution in [1.29, 1.82) is 0 Å². The fourth-order valence-electron chi connectivity index (χ4n) is 4.03. The summed E-state index contributed by atoms with van der Waals surface area (Å²) in [7, 11) is 1.30. The zero-order valence-corrected chi connectivity index (χ0v) is 19.9. The Bertz CT molecular complexity index is 1070. The molecule has 1 fully saturated rings. The van der Waals surface area contributed by atoms with Gasteiger partial charge in [0.1, 0.15) is 5.82 Å². The van der Waals surface area contributed by atoms with E-state index in [2.05, 4.69) is 15.6 Å². The van der Waals surface area contributed by atoms with Crippen molar-refractivity contribution in [3.8, 4) is 0 Å². The number of sulfonamides is 1. The number of nitrogens with zero attached hydrogens (tertiary/aromatic N) is 3. The second-order valence-electron chi connectivity index (χ2n) is 8.50. The fraction of sp³-hybridized carbons (Fsp3) is 0.591. The minimum Gasteiger partial charge on any atom is -0.354 e. The lowest BCUT2D eigenvalue weighted by molar-refractivity contribution is -0.126. The Morgan fingerprint density at radius 2 is 1.81 bits per heavy atom. The van der Waals surface area contributed by atoms with E-state index in [9.17, 15) is 18.0 Å². The molecule has 2 amide bonds. The summed E-state index contributed by atoms with van der Waals surface area (Å²) in [5.74, 6) is 0.805. The third-order valence-corrected chi connectivity index (χ3v) is 7.83. The second kappa shape index (κ2) is 10.4. The summed E-state index contributed by atoms with van der Waals surface area (Å²) in [4.78, 5) is 29.0. The largest absolute Gasteiger partial charge is 0.354 e. The van der Waals surface area contributed by atoms with Gasteiger partial charge < -0.3 is 15.2 Å². The number of fused-ring (bicyclic) bond motifs is 1. The Balaban J connectivity index is 1.49. The van der Waals surface area contributed by atoms with Crippen molar-refractivity contribution >= 4 is 32.9 Å². The summed E-state index contributed by atoms with van der Waals surface area (Å²) >= 11 is 0. The van der Waals surface area contributed by atoms with Gasteiger partial charge >= 0.3 is 0 Å². The first-order valence-corrected chi connectivity index (χ1v) is 12.6. The summed E-state index contributed by atoms with van der Waals surface area (Å²) in [6.07, 6.45) is 6.05. The number of nitrogens with one attached hydrogen (secondary N) is 2. The van der Waals surface area contributed by atoms with Gasteiger partial charge in [-0.25, -0.2) is 17.7 Å². The summed E-state index contributed by atoms with van der Waals surface area (Å²) < 4.78 is 27.7. The molecule has 0 saturated heterocycles. The van der Waals surface area contributed by atoms with Crippen molar-refractivity contribution in [3.63, 3.8) is 0 Å². The van der Waals surface area contributed by atoms with Gasteiger partial charge in [-0.2, -0.15) is 0 Å². The van der Waals surface area contributed by atoms with E-state index in [0.29, 0.717) is 30.9 Å². The number of rotatable bonds is 9. The summed E-state index contributed by atoms with van der Waals surface area (Å²) in [5, 5.41) is 5.74. The average Bonchev–Trinajstić information content (AvgIpc) is 3.10. The van der Waals surface area contributed by atoms with Crippen LogP contribution in [0.25, 0.3) is 11.0 Å². The Hall–Kier alpha value is -2.46. The molecule has 1 heterocycles. The standard InChI is InChI=1S/C22H33N5O4S/c1-26(2)32(30,31)17-9-10-19-18(15-17)25-20(27(19)3)11-12-21(28)23-13-14-24-22(29)16-7-5-4-6-8-16/h9-10,15-16H,4-8,11-14H2,1-3H3,(H,23,28)(H,24,29). The van der Waals surface area contributed by atoms with Crippen molar-refractivity contribution in [2.24, 2.45) is 13.0 Å². The minimum atomic E-state index is -3.53. The number of imidazole rings is 1. The van der Waals surface area contributed by atoms with E-state index in [0.717, 1.165) is 31.2 Å². The van der Waals surface area contributed by atoms with Crippen molar-refractivity contribution < 1.29 is 18.0 Å². The number of hydrogen-bond acceptors (Lipinski definition) is 5. The highest BCUT2D eigenvalue weighted by Crippen LogP contribution is 2.23. The summed E-state index contributed by atoms with van der Waals surface area (Å²) in [6, 6.07) is 4.86. The molecule has 2 N–H and O–H groups in total. The van der Waals surface area contributed by atoms with Crippen LogP contribution in [0.4, 0.5) is 0 Å². The van der Waals surface area contributed by atoms with E-state index in [1.54, 1.807) is 18.2 Å². The molecule has 176 valence electrons. The van der Waals surface area contributed by atoms with Gasteiger partial charge in [0.15, 0.2) is 0 Å². The number of carbonyl (C=O) groups is 2. The Labute approximate surface area is 189 Å². The van der Waals surface area contributed by atoms with E-state index in [4.69, 9.17) is 0 Å². The van der Waals surface area contributed by atoms with Crippen molar-refractivity contribution in [2.45, 2.75) is 49.8 Å². The van der Waals surface area contributed by atoms with Gasteiger partial charge in [-0.3, -0.25) is 9.59 Å². The highest BCUT2D eigenvalue weighted by molar-refractivity contribution is 7.89. The summed E-state index contributed by atoms with van der Waals surface area (Å²) in [6.45, 7) is 0.822. The van der Waals surface area contributed by atoms with Crippen LogP contribution in [0.5, 0.6) is 0 Å². The normalized spacial score (nSPS) is 15.2. The maximum atomic E-state index is 12.4. The summed E-state index contributed by atoms with van der Waals surface area (Å²) in [5.41, 5.74) is 1.39. The van der Waals surface area contributed by atoms with Gasteiger partial charge in [-0.15, -0.1) is 0 Å². The number of benzene rings is 1. The Kier molecular flexibility index (Phi) is 7.89. The van der Waals surface area contributed by atoms with Gasteiger partial charge in [0, 0.05) is 53.0 Å². The molecule has 1 aliphatic rings. The zero-order valence-electron chi connectivity index (χ0n) is 19.1. The van der Waals surface area contributed by atoms with Gasteiger partial charge in [-0.1, -0.05) is 19.3 Å². The van der Waals surface area contributed by atoms with E-state index in [-0.39, 0.29) is 29.0 Å². The van der Waals surface area contributed by atoms with Crippen LogP contribution >= 0.6 is 0 Å².